The fraction of sp³-hybridized carbons (Fsp3) is 0.615. The van der Waals surface area contributed by atoms with E-state index in [9.17, 15) is 14.4 Å². The molecule has 0 aromatic heterocycles. The molecule has 21 heavy (non-hydrogen) atoms. The van der Waals surface area contributed by atoms with Crippen LogP contribution in [0.3, 0.4) is 0 Å². The van der Waals surface area contributed by atoms with Crippen LogP contribution in [0.4, 0.5) is 4.79 Å². The Hall–Kier alpha value is -1.76. The highest BCUT2D eigenvalue weighted by Crippen LogP contribution is 2.10. The number of rotatable bonds is 8. The smallest absolute Gasteiger partial charge is 0.333 e. The second-order valence-electron chi connectivity index (χ2n) is 4.89. The molecule has 8 heteroatoms. The molecular formula is C13H21ClN2O5. The summed E-state index contributed by atoms with van der Waals surface area (Å²) in [6.07, 6.45) is 0. The number of nitrogens with one attached hydrogen (secondary N) is 2. The summed E-state index contributed by atoms with van der Waals surface area (Å²) in [5.41, 5.74) is -0.503. The first-order valence-corrected chi connectivity index (χ1v) is 6.83. The maximum absolute atomic E-state index is 11.4. The summed E-state index contributed by atoms with van der Waals surface area (Å²) in [4.78, 5) is 33.8. The van der Waals surface area contributed by atoms with Gasteiger partial charge in [0.15, 0.2) is 0 Å². The Morgan fingerprint density at radius 3 is 2.38 bits per heavy atom. The molecule has 0 rings (SSSR count). The summed E-state index contributed by atoms with van der Waals surface area (Å²) in [6.45, 7) is 8.12. The van der Waals surface area contributed by atoms with Gasteiger partial charge >= 0.3 is 18.0 Å². The number of carbonyl (C=O) groups is 3. The van der Waals surface area contributed by atoms with Gasteiger partial charge in [-0.2, -0.15) is 0 Å². The Bertz CT molecular complexity index is 409. The molecule has 2 N–H and O–H groups in total. The number of ether oxygens (including phenoxy) is 2. The lowest BCUT2D eigenvalue weighted by molar-refractivity contribution is -0.153. The van der Waals surface area contributed by atoms with E-state index in [0.29, 0.717) is 0 Å². The lowest BCUT2D eigenvalue weighted by atomic mass is 10.2. The van der Waals surface area contributed by atoms with Gasteiger partial charge in [-0.1, -0.05) is 6.58 Å². The predicted molar refractivity (Wildman–Crippen MR) is 78.1 cm³/mol. The average Bonchev–Trinajstić information content (AvgIpc) is 2.40. The molecular weight excluding hydrogens is 300 g/mol. The van der Waals surface area contributed by atoms with Gasteiger partial charge in [0.1, 0.15) is 18.8 Å². The van der Waals surface area contributed by atoms with E-state index < -0.39 is 23.6 Å². The number of carbonyl (C=O) groups excluding carboxylic acids is 3. The van der Waals surface area contributed by atoms with Gasteiger partial charge in [0.2, 0.25) is 0 Å². The second-order valence-corrected chi connectivity index (χ2v) is 5.16. The lowest BCUT2D eigenvalue weighted by Gasteiger charge is -2.22. The molecule has 0 spiro atoms. The van der Waals surface area contributed by atoms with Gasteiger partial charge in [-0.3, -0.25) is 4.79 Å². The third-order valence-corrected chi connectivity index (χ3v) is 2.72. The summed E-state index contributed by atoms with van der Waals surface area (Å²) < 4.78 is 9.80. The Kier molecular flexibility index (Phi) is 8.45. The van der Waals surface area contributed by atoms with Gasteiger partial charge in [-0.15, -0.1) is 11.6 Å². The average molecular weight is 321 g/mol. The van der Waals surface area contributed by atoms with Gasteiger partial charge in [0.25, 0.3) is 0 Å². The fourth-order valence-electron chi connectivity index (χ4n) is 1.02. The number of hydrogen-bond acceptors (Lipinski definition) is 5. The Morgan fingerprint density at radius 2 is 1.86 bits per heavy atom. The molecule has 0 aromatic rings. The van der Waals surface area contributed by atoms with Crippen molar-refractivity contribution in [3.05, 3.63) is 12.2 Å². The predicted octanol–water partition coefficient (Wildman–Crippen LogP) is 0.966. The minimum atomic E-state index is -0.784. The summed E-state index contributed by atoms with van der Waals surface area (Å²) in [7, 11) is 0. The van der Waals surface area contributed by atoms with Crippen LogP contribution in [0.15, 0.2) is 12.2 Å². The minimum absolute atomic E-state index is 0.0167. The van der Waals surface area contributed by atoms with Crippen molar-refractivity contribution in [3.63, 3.8) is 0 Å². The number of amides is 2. The molecule has 7 nitrogen and oxygen atoms in total. The molecule has 0 aliphatic heterocycles. The van der Waals surface area contributed by atoms with Gasteiger partial charge in [-0.25, -0.2) is 9.59 Å². The van der Waals surface area contributed by atoms with Crippen LogP contribution in [0.2, 0.25) is 0 Å². The van der Waals surface area contributed by atoms with E-state index >= 15 is 0 Å². The molecule has 0 aliphatic rings. The zero-order chi connectivity index (χ0) is 16.5. The molecule has 0 aromatic carbocycles. The van der Waals surface area contributed by atoms with Gasteiger partial charge < -0.3 is 20.1 Å². The molecule has 0 radical (unpaired) electrons. The first-order valence-electron chi connectivity index (χ1n) is 6.30. The van der Waals surface area contributed by atoms with Crippen molar-refractivity contribution < 1.29 is 23.9 Å². The maximum atomic E-state index is 11.4. The SMILES string of the molecule is C=C(C)C(=O)OCCNC(=O)NCC(=O)OC(C)(C)CCl. The minimum Gasteiger partial charge on any atom is -0.460 e. The third kappa shape index (κ3) is 9.73. The third-order valence-electron chi connectivity index (χ3n) is 2.07. The molecule has 0 saturated carbocycles. The van der Waals surface area contributed by atoms with E-state index in [1.165, 1.54) is 6.92 Å². The number of esters is 2. The van der Waals surface area contributed by atoms with E-state index in [1.54, 1.807) is 13.8 Å². The standard InChI is InChI=1S/C13H21ClN2O5/c1-9(2)11(18)20-6-5-15-12(19)16-7-10(17)21-13(3,4)8-14/h1,5-8H2,2-4H3,(H2,15,16,19). The van der Waals surface area contributed by atoms with Crippen molar-refractivity contribution in [2.75, 3.05) is 25.6 Å². The first kappa shape index (κ1) is 19.2. The Balaban J connectivity index is 3.79. The highest BCUT2D eigenvalue weighted by molar-refractivity contribution is 6.18. The van der Waals surface area contributed by atoms with Crippen LogP contribution in [0.25, 0.3) is 0 Å². The summed E-state index contributed by atoms with van der Waals surface area (Å²) >= 11 is 5.61. The quantitative estimate of drug-likeness (QED) is 0.301. The second kappa shape index (κ2) is 9.23. The number of halogens is 1. The maximum Gasteiger partial charge on any atom is 0.333 e. The van der Waals surface area contributed by atoms with Crippen molar-refractivity contribution >= 4 is 29.6 Å². The van der Waals surface area contributed by atoms with Crippen molar-refractivity contribution in [2.24, 2.45) is 0 Å². The largest absolute Gasteiger partial charge is 0.460 e. The van der Waals surface area contributed by atoms with Gasteiger partial charge in [0.05, 0.1) is 12.4 Å². The highest BCUT2D eigenvalue weighted by Gasteiger charge is 2.21. The lowest BCUT2D eigenvalue weighted by Crippen LogP contribution is -2.42. The molecule has 0 heterocycles. The highest BCUT2D eigenvalue weighted by atomic mass is 35.5. The zero-order valence-corrected chi connectivity index (χ0v) is 13.2. The van der Waals surface area contributed by atoms with Crippen molar-refractivity contribution in [1.82, 2.24) is 10.6 Å². The van der Waals surface area contributed by atoms with Gasteiger partial charge in [-0.05, 0) is 20.8 Å². The van der Waals surface area contributed by atoms with E-state index in [1.807, 2.05) is 0 Å². The van der Waals surface area contributed by atoms with Crippen molar-refractivity contribution in [3.8, 4) is 0 Å². The monoisotopic (exact) mass is 320 g/mol. The molecule has 0 atom stereocenters. The van der Waals surface area contributed by atoms with Crippen LogP contribution in [0, 0.1) is 0 Å². The van der Waals surface area contributed by atoms with E-state index in [4.69, 9.17) is 21.1 Å². The molecule has 0 fully saturated rings. The Morgan fingerprint density at radius 1 is 1.24 bits per heavy atom. The molecule has 0 saturated heterocycles. The number of alkyl halides is 1. The van der Waals surface area contributed by atoms with Gasteiger partial charge in [0, 0.05) is 5.57 Å². The van der Waals surface area contributed by atoms with E-state index in [-0.39, 0.29) is 31.1 Å². The van der Waals surface area contributed by atoms with Crippen LogP contribution in [-0.2, 0) is 19.1 Å². The molecule has 120 valence electrons. The number of urea groups is 1. The molecule has 2 amide bonds. The fourth-order valence-corrected chi connectivity index (χ4v) is 1.07. The van der Waals surface area contributed by atoms with Crippen LogP contribution in [0.5, 0.6) is 0 Å². The summed E-state index contributed by atoms with van der Waals surface area (Å²) in [5.74, 6) is -0.965. The summed E-state index contributed by atoms with van der Waals surface area (Å²) in [5, 5.41) is 4.73. The van der Waals surface area contributed by atoms with E-state index in [2.05, 4.69) is 17.2 Å². The van der Waals surface area contributed by atoms with E-state index in [0.717, 1.165) is 0 Å². The van der Waals surface area contributed by atoms with Crippen molar-refractivity contribution in [1.29, 1.82) is 0 Å². The molecule has 0 bridgehead atoms. The molecule has 0 unspecified atom stereocenters. The van der Waals surface area contributed by atoms with Crippen LogP contribution in [-0.4, -0.2) is 49.1 Å². The van der Waals surface area contributed by atoms with Crippen LogP contribution < -0.4 is 10.6 Å². The Labute approximate surface area is 129 Å². The first-order chi connectivity index (χ1) is 9.68. The molecule has 0 aliphatic carbocycles. The normalized spacial score (nSPS) is 10.5. The van der Waals surface area contributed by atoms with Crippen LogP contribution >= 0.6 is 11.6 Å². The zero-order valence-electron chi connectivity index (χ0n) is 12.5. The van der Waals surface area contributed by atoms with Crippen molar-refractivity contribution in [2.45, 2.75) is 26.4 Å². The summed E-state index contributed by atoms with van der Waals surface area (Å²) in [6, 6.07) is -0.568. The topological polar surface area (TPSA) is 93.7 Å². The van der Waals surface area contributed by atoms with Crippen LogP contribution in [0.1, 0.15) is 20.8 Å². The number of hydrogen-bond donors (Lipinski definition) is 2.